The van der Waals surface area contributed by atoms with Gasteiger partial charge in [-0.2, -0.15) is 0 Å². The zero-order chi connectivity index (χ0) is 41.4. The Kier molecular flexibility index (Phi) is 8.05. The molecule has 0 bridgehead atoms. The lowest BCUT2D eigenvalue weighted by molar-refractivity contribution is 1.16. The molecule has 5 heteroatoms. The van der Waals surface area contributed by atoms with Crippen molar-refractivity contribution in [3.63, 3.8) is 0 Å². The highest BCUT2D eigenvalue weighted by Crippen LogP contribution is 2.41. The molecule has 63 heavy (non-hydrogen) atoms. The van der Waals surface area contributed by atoms with Gasteiger partial charge >= 0.3 is 0 Å². The summed E-state index contributed by atoms with van der Waals surface area (Å²) in [7, 11) is 0. The molecule has 0 atom stereocenters. The highest BCUT2D eigenvalue weighted by molar-refractivity contribution is 7.26. The first-order valence-electron chi connectivity index (χ1n) is 21.3. The molecule has 0 radical (unpaired) electrons. The summed E-state index contributed by atoms with van der Waals surface area (Å²) < 4.78 is 7.29. The van der Waals surface area contributed by atoms with Crippen LogP contribution in [0.5, 0.6) is 0 Å². The van der Waals surface area contributed by atoms with Gasteiger partial charge in [0.05, 0.1) is 49.4 Å². The SMILES string of the molecule is c1ccc(-c2cc(-n3c4ccccc4c4cc(-c5ccc6c(c5)c5ccccc5n6-c5ccc(-c6ccnc7c6sc6ccccc67)cc5)ccc43)cc(-c3ccccc3)n2)cc1. The van der Waals surface area contributed by atoms with Gasteiger partial charge < -0.3 is 9.13 Å². The van der Waals surface area contributed by atoms with Gasteiger partial charge in [0.2, 0.25) is 0 Å². The van der Waals surface area contributed by atoms with Crippen LogP contribution >= 0.6 is 11.3 Å². The van der Waals surface area contributed by atoms with Gasteiger partial charge in [-0.3, -0.25) is 4.98 Å². The van der Waals surface area contributed by atoms with Gasteiger partial charge in [0.25, 0.3) is 0 Å². The molecule has 0 aliphatic heterocycles. The lowest BCUT2D eigenvalue weighted by atomic mass is 10.0. The first-order chi connectivity index (χ1) is 31.2. The summed E-state index contributed by atoms with van der Waals surface area (Å²) in [5.41, 5.74) is 16.8. The second kappa shape index (κ2) is 14.2. The zero-order valence-corrected chi connectivity index (χ0v) is 34.8. The van der Waals surface area contributed by atoms with E-state index in [4.69, 9.17) is 9.97 Å². The first kappa shape index (κ1) is 35.6. The van der Waals surface area contributed by atoms with E-state index in [1.165, 1.54) is 69.6 Å². The molecule has 0 aliphatic carbocycles. The Hall–Kier alpha value is -8.12. The van der Waals surface area contributed by atoms with Crippen LogP contribution in [0.15, 0.2) is 219 Å². The van der Waals surface area contributed by atoms with Crippen molar-refractivity contribution in [2.24, 2.45) is 0 Å². The normalized spacial score (nSPS) is 11.8. The molecule has 0 fully saturated rings. The van der Waals surface area contributed by atoms with Gasteiger partial charge in [-0.15, -0.1) is 11.3 Å². The second-order valence-electron chi connectivity index (χ2n) is 16.2. The van der Waals surface area contributed by atoms with Crippen molar-refractivity contribution in [1.29, 1.82) is 0 Å². The molecule has 8 aromatic carbocycles. The number of nitrogens with zero attached hydrogens (tertiary/aromatic N) is 4. The van der Waals surface area contributed by atoms with Crippen LogP contribution in [0.4, 0.5) is 0 Å². The van der Waals surface area contributed by atoms with Crippen molar-refractivity contribution in [3.8, 4) is 56.1 Å². The monoisotopic (exact) mass is 820 g/mol. The lowest BCUT2D eigenvalue weighted by Crippen LogP contribution is -1.98. The summed E-state index contributed by atoms with van der Waals surface area (Å²) in [6.45, 7) is 0. The number of benzene rings is 8. The molecular weight excluding hydrogens is 785 g/mol. The summed E-state index contributed by atoms with van der Waals surface area (Å²) >= 11 is 1.82. The Morgan fingerprint density at radius 2 is 0.841 bits per heavy atom. The van der Waals surface area contributed by atoms with Crippen molar-refractivity contribution in [1.82, 2.24) is 19.1 Å². The summed E-state index contributed by atoms with van der Waals surface area (Å²) in [5.74, 6) is 0. The van der Waals surface area contributed by atoms with Crippen LogP contribution in [0.25, 0.3) is 120 Å². The van der Waals surface area contributed by atoms with Crippen LogP contribution in [0.2, 0.25) is 0 Å². The van der Waals surface area contributed by atoms with Crippen molar-refractivity contribution >= 4 is 75.3 Å². The number of hydrogen-bond acceptors (Lipinski definition) is 3. The van der Waals surface area contributed by atoms with Crippen LogP contribution in [-0.4, -0.2) is 19.1 Å². The Morgan fingerprint density at radius 3 is 1.44 bits per heavy atom. The Balaban J connectivity index is 0.925. The summed E-state index contributed by atoms with van der Waals surface area (Å²) in [5, 5.41) is 6.11. The number of pyridine rings is 2. The number of para-hydroxylation sites is 2. The van der Waals surface area contributed by atoms with E-state index in [0.29, 0.717) is 0 Å². The van der Waals surface area contributed by atoms with Gasteiger partial charge in [0.1, 0.15) is 0 Å². The summed E-state index contributed by atoms with van der Waals surface area (Å²) in [6, 6.07) is 76.5. The molecule has 0 saturated carbocycles. The fourth-order valence-electron chi connectivity index (χ4n) is 9.64. The van der Waals surface area contributed by atoms with E-state index in [1.807, 2.05) is 17.5 Å². The Labute approximate surface area is 367 Å². The van der Waals surface area contributed by atoms with Crippen molar-refractivity contribution < 1.29 is 0 Å². The van der Waals surface area contributed by atoms with Crippen molar-refractivity contribution in [2.75, 3.05) is 0 Å². The highest BCUT2D eigenvalue weighted by Gasteiger charge is 2.18. The number of rotatable bonds is 6. The minimum absolute atomic E-state index is 0.945. The topological polar surface area (TPSA) is 35.6 Å². The minimum Gasteiger partial charge on any atom is -0.309 e. The van der Waals surface area contributed by atoms with E-state index in [-0.39, 0.29) is 0 Å². The van der Waals surface area contributed by atoms with E-state index in [2.05, 4.69) is 221 Å². The molecule has 5 heterocycles. The molecule has 0 unspecified atom stereocenters. The fourth-order valence-corrected chi connectivity index (χ4v) is 10.8. The average Bonchev–Trinajstić information content (AvgIpc) is 4.02. The van der Waals surface area contributed by atoms with Crippen LogP contribution in [0.1, 0.15) is 0 Å². The van der Waals surface area contributed by atoms with Crippen LogP contribution in [0.3, 0.4) is 0 Å². The van der Waals surface area contributed by atoms with E-state index < -0.39 is 0 Å². The second-order valence-corrected chi connectivity index (χ2v) is 17.2. The third-order valence-electron chi connectivity index (χ3n) is 12.6. The average molecular weight is 821 g/mol. The number of hydrogen-bond donors (Lipinski definition) is 0. The Morgan fingerprint density at radius 1 is 0.349 bits per heavy atom. The molecule has 0 aliphatic rings. The minimum atomic E-state index is 0.945. The van der Waals surface area contributed by atoms with E-state index in [0.717, 1.165) is 50.4 Å². The number of fused-ring (bicyclic) bond motifs is 9. The molecule has 13 rings (SSSR count). The third kappa shape index (κ3) is 5.74. The highest BCUT2D eigenvalue weighted by atomic mass is 32.1. The van der Waals surface area contributed by atoms with Crippen LogP contribution in [-0.2, 0) is 0 Å². The van der Waals surface area contributed by atoms with Gasteiger partial charge in [0.15, 0.2) is 0 Å². The molecule has 13 aromatic rings. The van der Waals surface area contributed by atoms with Crippen LogP contribution < -0.4 is 0 Å². The van der Waals surface area contributed by atoms with E-state index in [1.54, 1.807) is 0 Å². The maximum Gasteiger partial charge on any atom is 0.0894 e. The van der Waals surface area contributed by atoms with E-state index >= 15 is 0 Å². The summed E-state index contributed by atoms with van der Waals surface area (Å²) in [4.78, 5) is 9.96. The maximum atomic E-state index is 5.18. The number of thiophene rings is 1. The van der Waals surface area contributed by atoms with Crippen molar-refractivity contribution in [2.45, 2.75) is 0 Å². The first-order valence-corrected chi connectivity index (χ1v) is 22.1. The lowest BCUT2D eigenvalue weighted by Gasteiger charge is -2.13. The van der Waals surface area contributed by atoms with Gasteiger partial charge in [-0.05, 0) is 89.5 Å². The molecule has 0 spiro atoms. The van der Waals surface area contributed by atoms with Gasteiger partial charge in [0, 0.05) is 60.2 Å². The molecule has 0 amide bonds. The number of aromatic nitrogens is 4. The maximum absolute atomic E-state index is 5.18. The van der Waals surface area contributed by atoms with Gasteiger partial charge in [-0.25, -0.2) is 4.98 Å². The predicted octanol–water partition coefficient (Wildman–Crippen LogP) is 15.7. The predicted molar refractivity (Wildman–Crippen MR) is 265 cm³/mol. The standard InChI is InChI=1S/C58H36N4S/c1-3-13-38(14-4-1)50-35-43(36-51(60-50)39-15-5-2-6-16-39)62-53-21-11-8-18-46(53)49-34-41(26-30-55(49)62)40-25-29-54-48(33-40)45-17-7-10-20-52(45)61(54)42-27-23-37(24-28-42)44-31-32-59-57-47-19-9-12-22-56(47)63-58(44)57/h1-36H. The largest absolute Gasteiger partial charge is 0.309 e. The third-order valence-corrected chi connectivity index (χ3v) is 13.8. The molecule has 5 aromatic heterocycles. The summed E-state index contributed by atoms with van der Waals surface area (Å²) in [6.07, 6.45) is 1.94. The zero-order valence-electron chi connectivity index (χ0n) is 34.0. The van der Waals surface area contributed by atoms with E-state index in [9.17, 15) is 0 Å². The fraction of sp³-hybridized carbons (Fsp3) is 0. The molecule has 0 N–H and O–H groups in total. The van der Waals surface area contributed by atoms with Crippen LogP contribution in [0, 0.1) is 0 Å². The van der Waals surface area contributed by atoms with Crippen molar-refractivity contribution in [3.05, 3.63) is 219 Å². The Bertz CT molecular complexity index is 3840. The molecular formula is C58H36N4S. The molecule has 294 valence electrons. The quantitative estimate of drug-likeness (QED) is 0.167. The molecule has 0 saturated heterocycles. The smallest absolute Gasteiger partial charge is 0.0894 e. The molecule has 4 nitrogen and oxygen atoms in total. The van der Waals surface area contributed by atoms with Gasteiger partial charge in [-0.1, -0.05) is 140 Å².